The Morgan fingerprint density at radius 2 is 1.47 bits per heavy atom. The van der Waals surface area contributed by atoms with Crippen LogP contribution in [-0.4, -0.2) is 24.1 Å². The van der Waals surface area contributed by atoms with Crippen LogP contribution in [-0.2, 0) is 10.9 Å². The molecule has 4 aromatic rings. The predicted octanol–water partition coefficient (Wildman–Crippen LogP) is 7.67. The Bertz CT molecular complexity index is 1380. The van der Waals surface area contributed by atoms with E-state index in [1.165, 1.54) is 24.3 Å². The quantitative estimate of drug-likeness (QED) is 0.218. The molecule has 0 spiro atoms. The lowest BCUT2D eigenvalue weighted by Gasteiger charge is -2.14. The zero-order chi connectivity index (χ0) is 26.0. The molecule has 0 amide bonds. The van der Waals surface area contributed by atoms with Crippen LogP contribution in [0.15, 0.2) is 78.9 Å². The fourth-order valence-electron chi connectivity index (χ4n) is 3.98. The standard InChI is InChI=1S/C28H21F5O3/c1-2-36-27(35)21-14-20-13-19(16-7-10-22(11-8-16)28(31,32)33)9-12-23(20)24(15-21)17-3-5-18(6-4-17)25(34)26(29)30/h3-15,25-26,34H,2H2,1H3/t25-/m1/s1. The maximum absolute atomic E-state index is 12.9. The summed E-state index contributed by atoms with van der Waals surface area (Å²) in [7, 11) is 0. The molecule has 0 saturated carbocycles. The van der Waals surface area contributed by atoms with Gasteiger partial charge in [0.15, 0.2) is 0 Å². The van der Waals surface area contributed by atoms with Crippen LogP contribution in [0.1, 0.15) is 34.5 Å². The Hall–Kier alpha value is -3.78. The molecule has 36 heavy (non-hydrogen) atoms. The lowest BCUT2D eigenvalue weighted by atomic mass is 9.92. The van der Waals surface area contributed by atoms with Gasteiger partial charge in [-0.2, -0.15) is 13.2 Å². The van der Waals surface area contributed by atoms with Crippen LogP contribution < -0.4 is 0 Å². The van der Waals surface area contributed by atoms with Gasteiger partial charge in [-0.05, 0) is 75.8 Å². The molecule has 0 fully saturated rings. The summed E-state index contributed by atoms with van der Waals surface area (Å²) >= 11 is 0. The number of hydrogen-bond donors (Lipinski definition) is 1. The second-order valence-corrected chi connectivity index (χ2v) is 8.16. The summed E-state index contributed by atoms with van der Waals surface area (Å²) in [5.74, 6) is -0.551. The van der Waals surface area contributed by atoms with Gasteiger partial charge in [-0.3, -0.25) is 0 Å². The highest BCUT2D eigenvalue weighted by atomic mass is 19.4. The number of carbonyl (C=O) groups is 1. The first-order valence-electron chi connectivity index (χ1n) is 11.1. The number of halogens is 5. The average molecular weight is 500 g/mol. The van der Waals surface area contributed by atoms with Crippen LogP contribution in [0.4, 0.5) is 22.0 Å². The molecule has 0 unspecified atom stereocenters. The van der Waals surface area contributed by atoms with Gasteiger partial charge in [0.1, 0.15) is 6.10 Å². The molecule has 3 nitrogen and oxygen atoms in total. The van der Waals surface area contributed by atoms with E-state index in [9.17, 15) is 31.9 Å². The van der Waals surface area contributed by atoms with E-state index in [1.54, 1.807) is 49.4 Å². The van der Waals surface area contributed by atoms with Crippen LogP contribution in [0, 0.1) is 0 Å². The molecule has 0 aliphatic heterocycles. The van der Waals surface area contributed by atoms with Crippen LogP contribution >= 0.6 is 0 Å². The summed E-state index contributed by atoms with van der Waals surface area (Å²) in [6.45, 7) is 1.84. The van der Waals surface area contributed by atoms with Crippen molar-refractivity contribution in [2.24, 2.45) is 0 Å². The van der Waals surface area contributed by atoms with E-state index in [2.05, 4.69) is 0 Å². The fourth-order valence-corrected chi connectivity index (χ4v) is 3.98. The van der Waals surface area contributed by atoms with Crippen molar-refractivity contribution in [2.45, 2.75) is 25.6 Å². The lowest BCUT2D eigenvalue weighted by Crippen LogP contribution is -2.07. The Kier molecular flexibility index (Phi) is 7.08. The van der Waals surface area contributed by atoms with Gasteiger partial charge in [-0.1, -0.05) is 48.5 Å². The molecular weight excluding hydrogens is 479 g/mol. The van der Waals surface area contributed by atoms with Gasteiger partial charge in [-0.25, -0.2) is 13.6 Å². The van der Waals surface area contributed by atoms with Crippen LogP contribution in [0.3, 0.4) is 0 Å². The number of carbonyl (C=O) groups excluding carboxylic acids is 1. The number of rotatable bonds is 6. The first-order chi connectivity index (χ1) is 17.1. The first kappa shape index (κ1) is 25.3. The average Bonchev–Trinajstić information content (AvgIpc) is 2.87. The smallest absolute Gasteiger partial charge is 0.416 e. The molecule has 0 saturated heterocycles. The number of ether oxygens (including phenoxy) is 1. The maximum Gasteiger partial charge on any atom is 0.416 e. The van der Waals surface area contributed by atoms with Crippen molar-refractivity contribution in [2.75, 3.05) is 6.61 Å². The number of hydrogen-bond acceptors (Lipinski definition) is 3. The van der Waals surface area contributed by atoms with Crippen molar-refractivity contribution in [1.29, 1.82) is 0 Å². The third-order valence-electron chi connectivity index (χ3n) is 5.81. The van der Waals surface area contributed by atoms with Gasteiger partial charge in [0.25, 0.3) is 6.43 Å². The Morgan fingerprint density at radius 1 is 0.861 bits per heavy atom. The summed E-state index contributed by atoms with van der Waals surface area (Å²) < 4.78 is 69.7. The zero-order valence-corrected chi connectivity index (χ0v) is 19.0. The Labute approximate surface area is 203 Å². The van der Waals surface area contributed by atoms with E-state index < -0.39 is 30.2 Å². The molecule has 8 heteroatoms. The summed E-state index contributed by atoms with van der Waals surface area (Å²) in [6, 6.07) is 19.3. The van der Waals surface area contributed by atoms with Crippen LogP contribution in [0.2, 0.25) is 0 Å². The molecule has 0 bridgehead atoms. The SMILES string of the molecule is CCOC(=O)c1cc(-c2ccc([C@@H](O)C(F)F)cc2)c2ccc(-c3ccc(C(F)(F)F)cc3)cc2c1. The number of aliphatic hydroxyl groups is 1. The topological polar surface area (TPSA) is 46.5 Å². The van der Waals surface area contributed by atoms with Crippen molar-refractivity contribution < 1.29 is 36.6 Å². The molecule has 0 heterocycles. The highest BCUT2D eigenvalue weighted by Gasteiger charge is 2.30. The van der Waals surface area contributed by atoms with Crippen molar-refractivity contribution in [3.63, 3.8) is 0 Å². The second kappa shape index (κ2) is 10.1. The minimum atomic E-state index is -4.44. The molecule has 1 N–H and O–H groups in total. The van der Waals surface area contributed by atoms with Crippen LogP contribution in [0.5, 0.6) is 0 Å². The monoisotopic (exact) mass is 500 g/mol. The number of esters is 1. The van der Waals surface area contributed by atoms with Gasteiger partial charge in [0, 0.05) is 0 Å². The number of benzene rings is 4. The van der Waals surface area contributed by atoms with E-state index in [0.717, 1.165) is 17.5 Å². The molecular formula is C28H21F5O3. The van der Waals surface area contributed by atoms with E-state index in [4.69, 9.17) is 4.74 Å². The van der Waals surface area contributed by atoms with Crippen molar-refractivity contribution in [1.82, 2.24) is 0 Å². The minimum absolute atomic E-state index is 0.0594. The second-order valence-electron chi connectivity index (χ2n) is 8.16. The van der Waals surface area contributed by atoms with Gasteiger partial charge in [0.2, 0.25) is 0 Å². The molecule has 0 radical (unpaired) electrons. The molecule has 186 valence electrons. The van der Waals surface area contributed by atoms with Gasteiger partial charge < -0.3 is 9.84 Å². The Morgan fingerprint density at radius 3 is 2.06 bits per heavy atom. The summed E-state index contributed by atoms with van der Waals surface area (Å²) in [6.07, 6.45) is -9.27. The number of aliphatic hydroxyl groups excluding tert-OH is 1. The third kappa shape index (κ3) is 5.23. The molecule has 0 aromatic heterocycles. The van der Waals surface area contributed by atoms with Crippen molar-refractivity contribution in [3.8, 4) is 22.3 Å². The predicted molar refractivity (Wildman–Crippen MR) is 127 cm³/mol. The van der Waals surface area contributed by atoms with Crippen LogP contribution in [0.25, 0.3) is 33.0 Å². The van der Waals surface area contributed by atoms with Crippen molar-refractivity contribution in [3.05, 3.63) is 95.6 Å². The minimum Gasteiger partial charge on any atom is -0.462 e. The highest BCUT2D eigenvalue weighted by Crippen LogP contribution is 2.36. The Balaban J connectivity index is 1.82. The molecule has 0 aliphatic rings. The number of alkyl halides is 5. The summed E-state index contributed by atoms with van der Waals surface area (Å²) in [5, 5.41) is 11.0. The van der Waals surface area contributed by atoms with Gasteiger partial charge >= 0.3 is 12.1 Å². The lowest BCUT2D eigenvalue weighted by molar-refractivity contribution is -0.137. The van der Waals surface area contributed by atoms with Gasteiger partial charge in [-0.15, -0.1) is 0 Å². The normalized spacial score (nSPS) is 12.7. The zero-order valence-electron chi connectivity index (χ0n) is 19.0. The largest absolute Gasteiger partial charge is 0.462 e. The summed E-state index contributed by atoms with van der Waals surface area (Å²) in [5.41, 5.74) is 2.05. The first-order valence-corrected chi connectivity index (χ1v) is 11.1. The van der Waals surface area contributed by atoms with E-state index in [1.807, 2.05) is 0 Å². The summed E-state index contributed by atoms with van der Waals surface area (Å²) in [4.78, 5) is 12.5. The molecule has 4 aromatic carbocycles. The fraction of sp³-hybridized carbons (Fsp3) is 0.179. The maximum atomic E-state index is 12.9. The molecule has 1 atom stereocenters. The van der Waals surface area contributed by atoms with E-state index >= 15 is 0 Å². The van der Waals surface area contributed by atoms with E-state index in [-0.39, 0.29) is 17.7 Å². The molecule has 0 aliphatic carbocycles. The van der Waals surface area contributed by atoms with Gasteiger partial charge in [0.05, 0.1) is 17.7 Å². The molecule has 4 rings (SSSR count). The van der Waals surface area contributed by atoms with Crippen molar-refractivity contribution >= 4 is 16.7 Å². The number of fused-ring (bicyclic) bond motifs is 1. The third-order valence-corrected chi connectivity index (χ3v) is 5.81. The highest BCUT2D eigenvalue weighted by molar-refractivity contribution is 6.04. The van der Waals surface area contributed by atoms with E-state index in [0.29, 0.717) is 27.6 Å².